The lowest BCUT2D eigenvalue weighted by molar-refractivity contribution is 0.125. The topological polar surface area (TPSA) is 21.3 Å². The monoisotopic (exact) mass is 257 g/mol. The van der Waals surface area contributed by atoms with Crippen LogP contribution in [0.1, 0.15) is 31.4 Å². The Labute approximate surface area is 115 Å². The molecule has 0 bridgehead atoms. The first-order valence-electron chi connectivity index (χ1n) is 7.09. The van der Waals surface area contributed by atoms with Crippen molar-refractivity contribution in [1.82, 2.24) is 5.32 Å². The molecule has 102 valence electrons. The van der Waals surface area contributed by atoms with Gasteiger partial charge in [0.2, 0.25) is 0 Å². The van der Waals surface area contributed by atoms with E-state index in [0.717, 1.165) is 26.1 Å². The van der Waals surface area contributed by atoms with Crippen LogP contribution in [0.25, 0.3) is 10.8 Å². The highest BCUT2D eigenvalue weighted by molar-refractivity contribution is 5.86. The Morgan fingerprint density at radius 3 is 2.63 bits per heavy atom. The molecule has 0 spiro atoms. The lowest BCUT2D eigenvalue weighted by atomic mass is 9.97. The van der Waals surface area contributed by atoms with Gasteiger partial charge in [-0.15, -0.1) is 0 Å². The quantitative estimate of drug-likeness (QED) is 0.759. The molecule has 0 aromatic heterocycles. The summed E-state index contributed by atoms with van der Waals surface area (Å²) in [4.78, 5) is 0. The Bertz CT molecular complexity index is 504. The van der Waals surface area contributed by atoms with Crippen LogP contribution in [0, 0.1) is 0 Å². The van der Waals surface area contributed by atoms with Crippen molar-refractivity contribution in [3.63, 3.8) is 0 Å². The van der Waals surface area contributed by atoms with Crippen molar-refractivity contribution in [2.24, 2.45) is 0 Å². The number of hydrogen-bond acceptors (Lipinski definition) is 2. The molecule has 1 unspecified atom stereocenters. The summed E-state index contributed by atoms with van der Waals surface area (Å²) in [5, 5.41) is 6.04. The number of hydrogen-bond donors (Lipinski definition) is 1. The Balaban J connectivity index is 2.16. The highest BCUT2D eigenvalue weighted by atomic mass is 16.5. The largest absolute Gasteiger partial charge is 0.381 e. The summed E-state index contributed by atoms with van der Waals surface area (Å²) in [6, 6.07) is 15.4. The number of rotatable bonds is 7. The summed E-state index contributed by atoms with van der Waals surface area (Å²) in [7, 11) is 2.02. The zero-order valence-electron chi connectivity index (χ0n) is 11.9. The van der Waals surface area contributed by atoms with E-state index in [1.807, 2.05) is 7.05 Å². The van der Waals surface area contributed by atoms with Gasteiger partial charge in [0.1, 0.15) is 0 Å². The first kappa shape index (κ1) is 14.0. The normalized spacial score (nSPS) is 12.7. The van der Waals surface area contributed by atoms with Crippen molar-refractivity contribution >= 4 is 10.8 Å². The Morgan fingerprint density at radius 1 is 1.05 bits per heavy atom. The third-order valence-electron chi connectivity index (χ3n) is 3.45. The van der Waals surface area contributed by atoms with Crippen molar-refractivity contribution < 1.29 is 4.74 Å². The Hall–Kier alpha value is -1.38. The van der Waals surface area contributed by atoms with Crippen LogP contribution in [-0.2, 0) is 4.74 Å². The summed E-state index contributed by atoms with van der Waals surface area (Å²) in [6.45, 7) is 3.80. The van der Waals surface area contributed by atoms with E-state index in [1.165, 1.54) is 16.3 Å². The second-order valence-electron chi connectivity index (χ2n) is 4.81. The van der Waals surface area contributed by atoms with E-state index in [1.54, 1.807) is 0 Å². The van der Waals surface area contributed by atoms with Gasteiger partial charge in [0.05, 0.1) is 0 Å². The van der Waals surface area contributed by atoms with Gasteiger partial charge in [-0.2, -0.15) is 0 Å². The number of nitrogens with one attached hydrogen (secondary N) is 1. The summed E-state index contributed by atoms with van der Waals surface area (Å²) < 4.78 is 5.61. The fourth-order valence-corrected chi connectivity index (χ4v) is 2.46. The van der Waals surface area contributed by atoms with Gasteiger partial charge in [0.25, 0.3) is 0 Å². The van der Waals surface area contributed by atoms with E-state index in [0.29, 0.717) is 6.04 Å². The Kier molecular flexibility index (Phi) is 5.37. The van der Waals surface area contributed by atoms with Crippen LogP contribution in [0.2, 0.25) is 0 Å². The maximum atomic E-state index is 5.61. The molecule has 2 heteroatoms. The highest BCUT2D eigenvalue weighted by Crippen LogP contribution is 2.26. The van der Waals surface area contributed by atoms with Crippen LogP contribution in [0.15, 0.2) is 42.5 Å². The lowest BCUT2D eigenvalue weighted by Gasteiger charge is -2.18. The summed E-state index contributed by atoms with van der Waals surface area (Å²) >= 11 is 0. The van der Waals surface area contributed by atoms with Crippen LogP contribution in [-0.4, -0.2) is 20.3 Å². The molecule has 2 nitrogen and oxygen atoms in total. The molecule has 2 aromatic rings. The van der Waals surface area contributed by atoms with E-state index in [-0.39, 0.29) is 0 Å². The van der Waals surface area contributed by atoms with Crippen LogP contribution in [0.3, 0.4) is 0 Å². The Morgan fingerprint density at radius 2 is 1.84 bits per heavy atom. The first-order valence-corrected chi connectivity index (χ1v) is 7.09. The smallest absolute Gasteiger partial charge is 0.0484 e. The molecule has 0 radical (unpaired) electrons. The van der Waals surface area contributed by atoms with E-state index in [4.69, 9.17) is 4.74 Å². The van der Waals surface area contributed by atoms with Gasteiger partial charge in [-0.05, 0) is 36.2 Å². The van der Waals surface area contributed by atoms with Crippen molar-refractivity contribution in [2.45, 2.75) is 25.8 Å². The molecule has 0 saturated heterocycles. The first-order chi connectivity index (χ1) is 9.36. The number of benzene rings is 2. The molecule has 0 aliphatic rings. The maximum absolute atomic E-state index is 5.61. The van der Waals surface area contributed by atoms with Crippen LogP contribution >= 0.6 is 0 Å². The molecule has 2 rings (SSSR count). The van der Waals surface area contributed by atoms with Crippen molar-refractivity contribution in [2.75, 3.05) is 20.3 Å². The van der Waals surface area contributed by atoms with Crippen LogP contribution in [0.4, 0.5) is 0 Å². The molecule has 1 atom stereocenters. The predicted molar refractivity (Wildman–Crippen MR) is 81.5 cm³/mol. The molecule has 0 amide bonds. The van der Waals surface area contributed by atoms with Gasteiger partial charge in [0, 0.05) is 19.3 Å². The fraction of sp³-hybridized carbons (Fsp3) is 0.412. The summed E-state index contributed by atoms with van der Waals surface area (Å²) in [5.74, 6) is 0. The summed E-state index contributed by atoms with van der Waals surface area (Å²) in [5.41, 5.74) is 1.36. The minimum Gasteiger partial charge on any atom is -0.381 e. The zero-order valence-corrected chi connectivity index (χ0v) is 11.9. The third-order valence-corrected chi connectivity index (χ3v) is 3.45. The molecular weight excluding hydrogens is 234 g/mol. The second kappa shape index (κ2) is 7.27. The minimum atomic E-state index is 0.350. The van der Waals surface area contributed by atoms with Gasteiger partial charge >= 0.3 is 0 Å². The average molecular weight is 257 g/mol. The average Bonchev–Trinajstić information content (AvgIpc) is 2.47. The second-order valence-corrected chi connectivity index (χ2v) is 4.81. The molecule has 19 heavy (non-hydrogen) atoms. The fourth-order valence-electron chi connectivity index (χ4n) is 2.46. The zero-order chi connectivity index (χ0) is 13.5. The van der Waals surface area contributed by atoms with Crippen LogP contribution in [0.5, 0.6) is 0 Å². The van der Waals surface area contributed by atoms with Gasteiger partial charge in [0.15, 0.2) is 0 Å². The molecule has 0 heterocycles. The van der Waals surface area contributed by atoms with Crippen molar-refractivity contribution in [3.05, 3.63) is 48.0 Å². The molecule has 0 aliphatic carbocycles. The predicted octanol–water partition coefficient (Wildman–Crippen LogP) is 3.92. The number of fused-ring (bicyclic) bond motifs is 1. The lowest BCUT2D eigenvalue weighted by Crippen LogP contribution is -2.18. The molecule has 0 saturated carbocycles. The van der Waals surface area contributed by atoms with E-state index in [2.05, 4.69) is 54.7 Å². The maximum Gasteiger partial charge on any atom is 0.0484 e. The van der Waals surface area contributed by atoms with Gasteiger partial charge in [-0.3, -0.25) is 0 Å². The minimum absolute atomic E-state index is 0.350. The standard InChI is InChI=1S/C17H23NO/c1-3-12-19-13-11-17(18-2)16-10-6-8-14-7-4-5-9-15(14)16/h4-10,17-18H,3,11-13H2,1-2H3. The molecule has 2 aromatic carbocycles. The SMILES string of the molecule is CCCOCCC(NC)c1cccc2ccccc12. The molecule has 0 aliphatic heterocycles. The van der Waals surface area contributed by atoms with E-state index < -0.39 is 0 Å². The molecule has 1 N–H and O–H groups in total. The molecular formula is C17H23NO. The summed E-state index contributed by atoms with van der Waals surface area (Å²) in [6.07, 6.45) is 2.09. The van der Waals surface area contributed by atoms with E-state index >= 15 is 0 Å². The highest BCUT2D eigenvalue weighted by Gasteiger charge is 2.11. The van der Waals surface area contributed by atoms with Gasteiger partial charge in [-0.25, -0.2) is 0 Å². The van der Waals surface area contributed by atoms with Crippen molar-refractivity contribution in [1.29, 1.82) is 0 Å². The van der Waals surface area contributed by atoms with E-state index in [9.17, 15) is 0 Å². The van der Waals surface area contributed by atoms with Gasteiger partial charge < -0.3 is 10.1 Å². The number of ether oxygens (including phenoxy) is 1. The van der Waals surface area contributed by atoms with Crippen molar-refractivity contribution in [3.8, 4) is 0 Å². The van der Waals surface area contributed by atoms with Gasteiger partial charge in [-0.1, -0.05) is 49.4 Å². The third kappa shape index (κ3) is 3.55. The van der Waals surface area contributed by atoms with Crippen LogP contribution < -0.4 is 5.32 Å². The molecule has 0 fully saturated rings.